The molecule has 1 unspecified atom stereocenters. The van der Waals surface area contributed by atoms with E-state index in [-0.39, 0.29) is 12.3 Å². The molecule has 1 saturated heterocycles. The van der Waals surface area contributed by atoms with Gasteiger partial charge in [-0.1, -0.05) is 0 Å². The van der Waals surface area contributed by atoms with Crippen molar-refractivity contribution >= 4 is 29.0 Å². The Balaban J connectivity index is 2.02. The molecule has 0 aromatic heterocycles. The third kappa shape index (κ3) is 3.52. The Kier molecular flexibility index (Phi) is 5.16. The van der Waals surface area contributed by atoms with Crippen molar-refractivity contribution in [1.82, 2.24) is 10.6 Å². The monoisotopic (exact) mass is 378 g/mol. The number of anilines is 1. The minimum atomic E-state index is -1.61. The summed E-state index contributed by atoms with van der Waals surface area (Å²) in [7, 11) is 0. The second kappa shape index (κ2) is 7.24. The van der Waals surface area contributed by atoms with Crippen molar-refractivity contribution in [2.75, 3.05) is 18.1 Å². The van der Waals surface area contributed by atoms with Gasteiger partial charge in [0.1, 0.15) is 24.0 Å². The zero-order valence-corrected chi connectivity index (χ0v) is 14.9. The van der Waals surface area contributed by atoms with Gasteiger partial charge in [0.05, 0.1) is 18.0 Å². The van der Waals surface area contributed by atoms with Crippen LogP contribution in [-0.2, 0) is 4.79 Å². The Hall–Kier alpha value is -2.53. The highest BCUT2D eigenvalue weighted by Crippen LogP contribution is 2.37. The van der Waals surface area contributed by atoms with Crippen molar-refractivity contribution in [3.05, 3.63) is 23.3 Å². The van der Waals surface area contributed by atoms with E-state index in [0.29, 0.717) is 11.4 Å². The van der Waals surface area contributed by atoms with Crippen molar-refractivity contribution < 1.29 is 30.0 Å². The Morgan fingerprint density at radius 1 is 1.15 bits per heavy atom. The van der Waals surface area contributed by atoms with Crippen LogP contribution in [-0.4, -0.2) is 75.7 Å². The Labute approximate surface area is 155 Å². The molecule has 0 radical (unpaired) electrons. The van der Waals surface area contributed by atoms with E-state index >= 15 is 0 Å². The number of hydrogen-bond acceptors (Lipinski definition) is 8. The van der Waals surface area contributed by atoms with E-state index in [1.165, 1.54) is 0 Å². The van der Waals surface area contributed by atoms with Gasteiger partial charge in [-0.3, -0.25) is 10.1 Å². The van der Waals surface area contributed by atoms with E-state index in [1.807, 2.05) is 19.9 Å². The summed E-state index contributed by atoms with van der Waals surface area (Å²) in [5.74, 6) is -0.650. The fourth-order valence-electron chi connectivity index (χ4n) is 3.11. The summed E-state index contributed by atoms with van der Waals surface area (Å²) in [6.45, 7) is 2.85. The van der Waals surface area contributed by atoms with Crippen LogP contribution in [0.2, 0.25) is 0 Å². The van der Waals surface area contributed by atoms with Gasteiger partial charge in [-0.25, -0.2) is 9.79 Å². The average Bonchev–Trinajstić information content (AvgIpc) is 2.62. The summed E-state index contributed by atoms with van der Waals surface area (Å²) in [6, 6.07) is 2.90. The van der Waals surface area contributed by atoms with Crippen LogP contribution in [0, 0.1) is 13.8 Å². The molecule has 2 heterocycles. The fraction of sp³-hybridized carbons (Fsp3) is 0.471. The number of benzene rings is 1. The zero-order valence-electron chi connectivity index (χ0n) is 14.9. The Morgan fingerprint density at radius 2 is 1.81 bits per heavy atom. The van der Waals surface area contributed by atoms with Crippen LogP contribution in [0.1, 0.15) is 11.1 Å². The van der Waals surface area contributed by atoms with Gasteiger partial charge < -0.3 is 30.6 Å². The maximum Gasteiger partial charge on any atom is 0.323 e. The van der Waals surface area contributed by atoms with Gasteiger partial charge in [0.25, 0.3) is 5.91 Å². The summed E-state index contributed by atoms with van der Waals surface area (Å²) in [6.07, 6.45) is -5.53. The number of aliphatic imine (C=N–C) groups is 1. The lowest BCUT2D eigenvalue weighted by Crippen LogP contribution is -2.67. The molecule has 0 saturated carbocycles. The number of β-amino-alcohol motifs (C(OH)–C–C–N with tert-alkyl or cyclic N) is 1. The number of carbonyl (C=O) groups is 2. The lowest BCUT2D eigenvalue weighted by Gasteiger charge is -2.41. The number of imide groups is 1. The maximum absolute atomic E-state index is 12.2. The van der Waals surface area contributed by atoms with Crippen LogP contribution >= 0.6 is 0 Å². The van der Waals surface area contributed by atoms with Gasteiger partial charge in [-0.2, -0.15) is 0 Å². The largest absolute Gasteiger partial charge is 0.394 e. The molecule has 2 aliphatic heterocycles. The predicted octanol–water partition coefficient (Wildman–Crippen LogP) is -1.56. The quantitative estimate of drug-likeness (QED) is 0.362. The SMILES string of the molecule is Cc1cc2c(cc1C)N(C[C@H](O)[C@H](O)[C@H](O)CO)C1NC(=O)NC(=O)C1=N2. The van der Waals surface area contributed by atoms with Gasteiger partial charge >= 0.3 is 6.03 Å². The van der Waals surface area contributed by atoms with Crippen molar-refractivity contribution in [3.8, 4) is 0 Å². The van der Waals surface area contributed by atoms with Gasteiger partial charge in [-0.15, -0.1) is 0 Å². The van der Waals surface area contributed by atoms with Crippen molar-refractivity contribution in [2.45, 2.75) is 38.3 Å². The van der Waals surface area contributed by atoms with E-state index < -0.39 is 43.0 Å². The molecular weight excluding hydrogens is 356 g/mol. The number of urea groups is 1. The molecule has 146 valence electrons. The minimum Gasteiger partial charge on any atom is -0.394 e. The number of nitrogens with one attached hydrogen (secondary N) is 2. The molecule has 6 N–H and O–H groups in total. The molecule has 10 nitrogen and oxygen atoms in total. The average molecular weight is 378 g/mol. The number of carbonyl (C=O) groups excluding carboxylic acids is 2. The molecule has 2 aliphatic rings. The van der Waals surface area contributed by atoms with Crippen molar-refractivity contribution in [3.63, 3.8) is 0 Å². The van der Waals surface area contributed by atoms with Gasteiger partial charge in [0.15, 0.2) is 6.17 Å². The molecule has 1 fully saturated rings. The van der Waals surface area contributed by atoms with Crippen LogP contribution < -0.4 is 15.5 Å². The maximum atomic E-state index is 12.2. The zero-order chi connectivity index (χ0) is 19.9. The first-order valence-corrected chi connectivity index (χ1v) is 8.46. The lowest BCUT2D eigenvalue weighted by atomic mass is 10.0. The van der Waals surface area contributed by atoms with E-state index in [4.69, 9.17) is 5.11 Å². The van der Waals surface area contributed by atoms with Crippen molar-refractivity contribution in [2.24, 2.45) is 4.99 Å². The summed E-state index contributed by atoms with van der Waals surface area (Å²) in [4.78, 5) is 29.9. The molecule has 3 amide bonds. The second-order valence-corrected chi connectivity index (χ2v) is 6.71. The first-order chi connectivity index (χ1) is 12.7. The van der Waals surface area contributed by atoms with E-state index in [1.54, 1.807) is 11.0 Å². The van der Waals surface area contributed by atoms with E-state index in [2.05, 4.69) is 15.6 Å². The molecule has 0 bridgehead atoms. The minimum absolute atomic E-state index is 0.0507. The van der Waals surface area contributed by atoms with Gasteiger partial charge in [-0.05, 0) is 37.1 Å². The number of rotatable bonds is 5. The summed E-state index contributed by atoms with van der Waals surface area (Å²) in [5, 5.41) is 43.6. The number of aryl methyl sites for hydroxylation is 2. The standard InChI is InChI=1S/C17H22N4O6/c1-7-3-9-10(4-8(7)2)21(5-11(23)14(25)12(24)6-22)15-13(18-9)16(26)20-17(27)19-15/h3-4,11-12,14-15,22-25H,5-6H2,1-2H3,(H2,19,20,26,27)/t11-,12+,14-,15?/m0/s1. The number of aliphatic hydroxyl groups excluding tert-OH is 4. The second-order valence-electron chi connectivity index (χ2n) is 6.71. The normalized spacial score (nSPS) is 22.1. The summed E-state index contributed by atoms with van der Waals surface area (Å²) >= 11 is 0. The van der Waals surface area contributed by atoms with Crippen LogP contribution in [0.5, 0.6) is 0 Å². The summed E-state index contributed by atoms with van der Waals surface area (Å²) in [5.41, 5.74) is 2.99. The first-order valence-electron chi connectivity index (χ1n) is 8.46. The third-order valence-electron chi connectivity index (χ3n) is 4.80. The van der Waals surface area contributed by atoms with Gasteiger partial charge in [0.2, 0.25) is 0 Å². The van der Waals surface area contributed by atoms with Crippen LogP contribution in [0.4, 0.5) is 16.2 Å². The van der Waals surface area contributed by atoms with Crippen LogP contribution in [0.3, 0.4) is 0 Å². The topological polar surface area (TPSA) is 155 Å². The molecule has 4 atom stereocenters. The molecule has 10 heteroatoms. The first kappa shape index (κ1) is 19.2. The smallest absolute Gasteiger partial charge is 0.323 e. The molecule has 3 rings (SSSR count). The van der Waals surface area contributed by atoms with E-state index in [0.717, 1.165) is 11.1 Å². The Bertz CT molecular complexity index is 811. The predicted molar refractivity (Wildman–Crippen MR) is 95.9 cm³/mol. The fourth-order valence-corrected chi connectivity index (χ4v) is 3.11. The molecule has 1 aromatic rings. The molecule has 27 heavy (non-hydrogen) atoms. The van der Waals surface area contributed by atoms with Gasteiger partial charge in [0, 0.05) is 6.54 Å². The Morgan fingerprint density at radius 3 is 2.48 bits per heavy atom. The number of amides is 3. The number of hydrogen-bond donors (Lipinski definition) is 6. The number of nitrogens with zero attached hydrogens (tertiary/aromatic N) is 2. The lowest BCUT2D eigenvalue weighted by molar-refractivity contribution is -0.114. The van der Waals surface area contributed by atoms with Crippen LogP contribution in [0.25, 0.3) is 0 Å². The number of fused-ring (bicyclic) bond motifs is 2. The molecular formula is C17H22N4O6. The molecule has 1 aromatic carbocycles. The van der Waals surface area contributed by atoms with Crippen molar-refractivity contribution in [1.29, 1.82) is 0 Å². The number of aliphatic hydroxyl groups is 4. The summed E-state index contributed by atoms with van der Waals surface area (Å²) < 4.78 is 0. The highest BCUT2D eigenvalue weighted by Gasteiger charge is 2.41. The van der Waals surface area contributed by atoms with E-state index in [9.17, 15) is 24.9 Å². The van der Waals surface area contributed by atoms with Crippen LogP contribution in [0.15, 0.2) is 17.1 Å². The molecule has 0 spiro atoms. The highest BCUT2D eigenvalue weighted by atomic mass is 16.4. The highest BCUT2D eigenvalue weighted by molar-refractivity contribution is 6.46. The third-order valence-corrected chi connectivity index (χ3v) is 4.80. The molecule has 0 aliphatic carbocycles.